The summed E-state index contributed by atoms with van der Waals surface area (Å²) in [6, 6.07) is 27.2. The molecule has 10 heteroatoms. The molecule has 4 amide bonds. The van der Waals surface area contributed by atoms with Crippen LogP contribution in [-0.4, -0.2) is 35.8 Å². The number of hydrogen-bond acceptors (Lipinski definition) is 6. The fraction of sp³-hybridized carbons (Fsp3) is 0.231. The molecule has 2 aliphatic heterocycles. The standard InChI is InChI=1S/C39H30Cl2N2O6/c1-49-31-12-6-11-30(44)33(31)34-26-17-18-27-32(37(47)42(35(27)45)24-15-13-22(40)14-16-24)28(26)20-29-36(46)43(25-10-5-9-23(41)19-25)38(48)39(29,34)21-7-3-2-4-8-21/h2-17,19,27-29,32,34,44H,18,20H2,1H3. The summed E-state index contributed by atoms with van der Waals surface area (Å²) in [5.41, 5.74) is 0.858. The van der Waals surface area contributed by atoms with E-state index in [0.717, 1.165) is 0 Å². The van der Waals surface area contributed by atoms with E-state index < -0.39 is 46.8 Å². The molecule has 2 saturated heterocycles. The third-order valence-corrected chi connectivity index (χ3v) is 11.3. The molecule has 49 heavy (non-hydrogen) atoms. The van der Waals surface area contributed by atoms with Crippen LogP contribution >= 0.6 is 23.2 Å². The number of carbonyl (C=O) groups is 4. The molecule has 4 aromatic carbocycles. The van der Waals surface area contributed by atoms with Gasteiger partial charge in [0.1, 0.15) is 11.5 Å². The van der Waals surface area contributed by atoms with Gasteiger partial charge in [-0.1, -0.05) is 77.3 Å². The maximum atomic E-state index is 15.3. The summed E-state index contributed by atoms with van der Waals surface area (Å²) in [6.45, 7) is 0. The zero-order valence-electron chi connectivity index (χ0n) is 26.3. The molecule has 1 N–H and O–H groups in total. The van der Waals surface area contributed by atoms with Gasteiger partial charge in [-0.05, 0) is 78.9 Å². The number of benzene rings is 4. The second-order valence-electron chi connectivity index (χ2n) is 13.0. The number of rotatable bonds is 5. The molecule has 3 fully saturated rings. The van der Waals surface area contributed by atoms with Crippen LogP contribution in [0.15, 0.2) is 109 Å². The van der Waals surface area contributed by atoms with Gasteiger partial charge in [0.2, 0.25) is 23.6 Å². The highest BCUT2D eigenvalue weighted by molar-refractivity contribution is 6.32. The molecule has 0 spiro atoms. The third kappa shape index (κ3) is 4.43. The Kier molecular flexibility index (Phi) is 7.42. The predicted octanol–water partition coefficient (Wildman–Crippen LogP) is 7.07. The van der Waals surface area contributed by atoms with Crippen molar-refractivity contribution in [1.29, 1.82) is 0 Å². The Bertz CT molecular complexity index is 2080. The first-order chi connectivity index (χ1) is 23.7. The lowest BCUT2D eigenvalue weighted by molar-refractivity contribution is -0.127. The number of fused-ring (bicyclic) bond motifs is 4. The van der Waals surface area contributed by atoms with E-state index in [4.69, 9.17) is 27.9 Å². The summed E-state index contributed by atoms with van der Waals surface area (Å²) in [5, 5.41) is 12.5. The number of nitrogens with zero attached hydrogens (tertiary/aromatic N) is 2. The van der Waals surface area contributed by atoms with E-state index in [1.54, 1.807) is 60.7 Å². The number of halogens is 2. The monoisotopic (exact) mass is 692 g/mol. The number of allylic oxidation sites excluding steroid dienone is 2. The van der Waals surface area contributed by atoms with Crippen molar-refractivity contribution in [2.24, 2.45) is 23.7 Å². The van der Waals surface area contributed by atoms with Crippen molar-refractivity contribution >= 4 is 58.2 Å². The van der Waals surface area contributed by atoms with E-state index in [1.165, 1.54) is 23.0 Å². The Morgan fingerprint density at radius 1 is 0.755 bits per heavy atom. The van der Waals surface area contributed by atoms with Crippen molar-refractivity contribution in [2.75, 3.05) is 16.9 Å². The summed E-state index contributed by atoms with van der Waals surface area (Å²) >= 11 is 12.5. The summed E-state index contributed by atoms with van der Waals surface area (Å²) < 4.78 is 5.83. The van der Waals surface area contributed by atoms with Gasteiger partial charge in [0, 0.05) is 21.5 Å². The summed E-state index contributed by atoms with van der Waals surface area (Å²) in [6.07, 6.45) is 2.32. The molecule has 4 aromatic rings. The molecule has 2 heterocycles. The molecule has 4 aliphatic rings. The highest BCUT2D eigenvalue weighted by atomic mass is 35.5. The maximum Gasteiger partial charge on any atom is 0.246 e. The van der Waals surface area contributed by atoms with Gasteiger partial charge in [0.05, 0.1) is 41.7 Å². The number of phenolic OH excluding ortho intramolecular Hbond substituents is 1. The zero-order chi connectivity index (χ0) is 34.2. The van der Waals surface area contributed by atoms with Crippen molar-refractivity contribution in [3.05, 3.63) is 130 Å². The molecule has 246 valence electrons. The van der Waals surface area contributed by atoms with E-state index in [1.807, 2.05) is 36.4 Å². The Labute approximate surface area is 292 Å². The van der Waals surface area contributed by atoms with Crippen molar-refractivity contribution in [3.8, 4) is 11.5 Å². The minimum absolute atomic E-state index is 0.111. The first kappa shape index (κ1) is 31.4. The van der Waals surface area contributed by atoms with Crippen molar-refractivity contribution in [3.63, 3.8) is 0 Å². The number of aromatic hydroxyl groups is 1. The molecule has 8 nitrogen and oxygen atoms in total. The van der Waals surface area contributed by atoms with E-state index in [0.29, 0.717) is 43.9 Å². The van der Waals surface area contributed by atoms with Crippen molar-refractivity contribution in [2.45, 2.75) is 24.2 Å². The Morgan fingerprint density at radius 2 is 1.49 bits per heavy atom. The van der Waals surface area contributed by atoms with Crippen molar-refractivity contribution < 1.29 is 29.0 Å². The van der Waals surface area contributed by atoms with Gasteiger partial charge < -0.3 is 9.84 Å². The van der Waals surface area contributed by atoms with Gasteiger partial charge in [0.25, 0.3) is 0 Å². The smallest absolute Gasteiger partial charge is 0.246 e. The van der Waals surface area contributed by atoms with Crippen LogP contribution in [0.2, 0.25) is 10.0 Å². The Balaban J connectivity index is 1.38. The number of anilines is 2. The highest BCUT2D eigenvalue weighted by Crippen LogP contribution is 2.66. The van der Waals surface area contributed by atoms with Crippen molar-refractivity contribution in [1.82, 2.24) is 0 Å². The number of carbonyl (C=O) groups excluding carboxylic acids is 4. The Morgan fingerprint density at radius 3 is 2.20 bits per heavy atom. The molecular formula is C39H30Cl2N2O6. The third-order valence-electron chi connectivity index (χ3n) is 10.8. The van der Waals surface area contributed by atoms with Gasteiger partial charge in [-0.3, -0.25) is 24.1 Å². The van der Waals surface area contributed by atoms with Crippen LogP contribution in [0.1, 0.15) is 29.9 Å². The second-order valence-corrected chi connectivity index (χ2v) is 13.8. The molecule has 6 atom stereocenters. The maximum absolute atomic E-state index is 15.3. The average molecular weight is 694 g/mol. The normalized spacial score (nSPS) is 27.5. The van der Waals surface area contributed by atoms with Crippen LogP contribution in [0.4, 0.5) is 11.4 Å². The quantitative estimate of drug-likeness (QED) is 0.177. The van der Waals surface area contributed by atoms with Crippen LogP contribution in [-0.2, 0) is 24.6 Å². The number of methoxy groups -OCH3 is 1. The molecule has 2 aliphatic carbocycles. The minimum Gasteiger partial charge on any atom is -0.508 e. The van der Waals surface area contributed by atoms with Crippen LogP contribution in [0.5, 0.6) is 11.5 Å². The zero-order valence-corrected chi connectivity index (χ0v) is 27.8. The second kappa shape index (κ2) is 11.6. The first-order valence-corrected chi connectivity index (χ1v) is 16.8. The number of ether oxygens (including phenoxy) is 1. The van der Waals surface area contributed by atoms with Gasteiger partial charge in [-0.2, -0.15) is 0 Å². The fourth-order valence-corrected chi connectivity index (χ4v) is 9.21. The van der Waals surface area contributed by atoms with Crippen LogP contribution in [0, 0.1) is 23.7 Å². The van der Waals surface area contributed by atoms with Crippen LogP contribution in [0.3, 0.4) is 0 Å². The summed E-state index contributed by atoms with van der Waals surface area (Å²) in [5.74, 6) is -5.32. The molecule has 6 unspecified atom stereocenters. The number of hydrogen-bond donors (Lipinski definition) is 1. The van der Waals surface area contributed by atoms with E-state index in [-0.39, 0.29) is 30.4 Å². The largest absolute Gasteiger partial charge is 0.508 e. The summed E-state index contributed by atoms with van der Waals surface area (Å²) in [7, 11) is 1.49. The summed E-state index contributed by atoms with van der Waals surface area (Å²) in [4.78, 5) is 61.0. The van der Waals surface area contributed by atoms with Gasteiger partial charge in [-0.15, -0.1) is 0 Å². The first-order valence-electron chi connectivity index (χ1n) is 16.1. The number of phenols is 1. The van der Waals surface area contributed by atoms with Crippen LogP contribution in [0.25, 0.3) is 0 Å². The number of imide groups is 2. The van der Waals surface area contributed by atoms with E-state index in [9.17, 15) is 19.5 Å². The van der Waals surface area contributed by atoms with Gasteiger partial charge >= 0.3 is 0 Å². The van der Waals surface area contributed by atoms with Gasteiger partial charge in [-0.25, -0.2) is 4.90 Å². The predicted molar refractivity (Wildman–Crippen MR) is 185 cm³/mol. The van der Waals surface area contributed by atoms with E-state index in [2.05, 4.69) is 0 Å². The lowest BCUT2D eigenvalue weighted by Crippen LogP contribution is -2.53. The van der Waals surface area contributed by atoms with Crippen LogP contribution < -0.4 is 14.5 Å². The minimum atomic E-state index is -1.54. The SMILES string of the molecule is COc1cccc(O)c1C1C2=CCC3C(=O)N(c4ccc(Cl)cc4)C(=O)C3C2CC2C(=O)N(c3cccc(Cl)c3)C(=O)C21c1ccccc1. The van der Waals surface area contributed by atoms with Gasteiger partial charge in [0.15, 0.2) is 0 Å². The molecule has 0 bridgehead atoms. The highest BCUT2D eigenvalue weighted by Gasteiger charge is 2.71. The average Bonchev–Trinajstić information content (AvgIpc) is 3.50. The topological polar surface area (TPSA) is 104 Å². The molecule has 1 saturated carbocycles. The lowest BCUT2D eigenvalue weighted by atomic mass is 9.49. The molecule has 8 rings (SSSR count). The molecule has 0 radical (unpaired) electrons. The molecule has 0 aromatic heterocycles. The number of amides is 4. The fourth-order valence-electron chi connectivity index (χ4n) is 8.90. The molecular weight excluding hydrogens is 663 g/mol. The Hall–Kier alpha value is -4.92. The van der Waals surface area contributed by atoms with E-state index >= 15 is 4.79 Å². The lowest BCUT2D eigenvalue weighted by Gasteiger charge is -2.51.